The Morgan fingerprint density at radius 3 is 2.79 bits per heavy atom. The van der Waals surface area contributed by atoms with E-state index in [9.17, 15) is 4.79 Å². The molecular weight excluding hydrogens is 310 g/mol. The van der Waals surface area contributed by atoms with Crippen LogP contribution in [-0.2, 0) is 16.1 Å². The van der Waals surface area contributed by atoms with Gasteiger partial charge < -0.3 is 14.0 Å². The summed E-state index contributed by atoms with van der Waals surface area (Å²) in [6.07, 6.45) is 2.87. The number of hydrogen-bond acceptors (Lipinski definition) is 7. The number of carbonyl (C=O) groups excluding carboxylic acids is 1. The zero-order chi connectivity index (χ0) is 16.9. The van der Waals surface area contributed by atoms with Crippen molar-refractivity contribution in [2.24, 2.45) is 0 Å². The maximum Gasteiger partial charge on any atom is 0.323 e. The minimum absolute atomic E-state index is 0.204. The first-order valence-corrected chi connectivity index (χ1v) is 8.00. The van der Waals surface area contributed by atoms with Gasteiger partial charge in [-0.05, 0) is 43.7 Å². The summed E-state index contributed by atoms with van der Waals surface area (Å²) in [5, 5.41) is 4.03. The first-order chi connectivity index (χ1) is 11.7. The van der Waals surface area contributed by atoms with Gasteiger partial charge in [0.1, 0.15) is 11.8 Å². The van der Waals surface area contributed by atoms with Gasteiger partial charge in [-0.25, -0.2) is 0 Å². The first-order valence-electron chi connectivity index (χ1n) is 8.00. The normalized spacial score (nSPS) is 18.3. The summed E-state index contributed by atoms with van der Waals surface area (Å²) in [4.78, 5) is 18.4. The average molecular weight is 331 g/mol. The molecule has 1 aliphatic rings. The average Bonchev–Trinajstić information content (AvgIpc) is 3.10. The molecule has 128 valence electrons. The van der Waals surface area contributed by atoms with Crippen molar-refractivity contribution in [2.75, 3.05) is 20.8 Å². The Morgan fingerprint density at radius 1 is 1.29 bits per heavy atom. The van der Waals surface area contributed by atoms with E-state index in [0.717, 1.165) is 37.1 Å². The van der Waals surface area contributed by atoms with Crippen molar-refractivity contribution < 1.29 is 18.8 Å². The monoisotopic (exact) mass is 331 g/mol. The Kier molecular flexibility index (Phi) is 5.10. The summed E-state index contributed by atoms with van der Waals surface area (Å²) < 4.78 is 15.4. The van der Waals surface area contributed by atoms with E-state index in [1.54, 1.807) is 7.11 Å². The van der Waals surface area contributed by atoms with E-state index in [-0.39, 0.29) is 12.0 Å². The predicted octanol–water partition coefficient (Wildman–Crippen LogP) is 2.27. The highest BCUT2D eigenvalue weighted by Gasteiger charge is 2.30. The van der Waals surface area contributed by atoms with Gasteiger partial charge in [-0.1, -0.05) is 11.6 Å². The van der Waals surface area contributed by atoms with Gasteiger partial charge in [-0.3, -0.25) is 9.69 Å². The van der Waals surface area contributed by atoms with Crippen molar-refractivity contribution in [1.29, 1.82) is 0 Å². The van der Waals surface area contributed by atoms with Gasteiger partial charge in [0.25, 0.3) is 0 Å². The molecule has 0 N–H and O–H groups in total. The second kappa shape index (κ2) is 7.44. The van der Waals surface area contributed by atoms with Gasteiger partial charge in [-0.2, -0.15) is 4.98 Å². The Hall–Kier alpha value is -2.41. The lowest BCUT2D eigenvalue weighted by molar-refractivity contribution is -0.148. The number of methoxy groups -OCH3 is 2. The lowest BCUT2D eigenvalue weighted by Crippen LogP contribution is -2.44. The Bertz CT molecular complexity index is 683. The summed E-state index contributed by atoms with van der Waals surface area (Å²) in [6.45, 7) is 1.27. The molecule has 7 nitrogen and oxygen atoms in total. The number of ether oxygens (including phenoxy) is 2. The molecule has 24 heavy (non-hydrogen) atoms. The van der Waals surface area contributed by atoms with Crippen LogP contribution in [0, 0.1) is 0 Å². The topological polar surface area (TPSA) is 77.7 Å². The highest BCUT2D eigenvalue weighted by Crippen LogP contribution is 2.23. The quantitative estimate of drug-likeness (QED) is 0.778. The SMILES string of the molecule is COC(=O)C1CCCCN1Cc1nc(-c2ccc(OC)cc2)no1. The Morgan fingerprint density at radius 2 is 2.08 bits per heavy atom. The maximum absolute atomic E-state index is 11.9. The van der Waals surface area contributed by atoms with Crippen molar-refractivity contribution in [3.63, 3.8) is 0 Å². The van der Waals surface area contributed by atoms with E-state index in [2.05, 4.69) is 10.1 Å². The minimum atomic E-state index is -0.236. The molecule has 0 spiro atoms. The van der Waals surface area contributed by atoms with Crippen LogP contribution in [0.5, 0.6) is 5.75 Å². The predicted molar refractivity (Wildman–Crippen MR) is 86.4 cm³/mol. The molecule has 1 aromatic carbocycles. The van der Waals surface area contributed by atoms with Crippen LogP contribution in [0.4, 0.5) is 0 Å². The van der Waals surface area contributed by atoms with Gasteiger partial charge in [0.2, 0.25) is 11.7 Å². The lowest BCUT2D eigenvalue weighted by atomic mass is 10.0. The van der Waals surface area contributed by atoms with Crippen LogP contribution in [0.1, 0.15) is 25.2 Å². The van der Waals surface area contributed by atoms with Gasteiger partial charge >= 0.3 is 5.97 Å². The molecule has 0 saturated carbocycles. The molecule has 0 amide bonds. The third kappa shape index (κ3) is 3.56. The fourth-order valence-electron chi connectivity index (χ4n) is 2.93. The number of nitrogens with zero attached hydrogens (tertiary/aromatic N) is 3. The van der Waals surface area contributed by atoms with Crippen LogP contribution in [0.2, 0.25) is 0 Å². The van der Waals surface area contributed by atoms with Gasteiger partial charge in [0, 0.05) is 5.56 Å². The van der Waals surface area contributed by atoms with Gasteiger partial charge in [0.05, 0.1) is 20.8 Å². The number of carbonyl (C=O) groups is 1. The summed E-state index contributed by atoms with van der Waals surface area (Å²) in [5.41, 5.74) is 0.856. The van der Waals surface area contributed by atoms with E-state index >= 15 is 0 Å². The van der Waals surface area contributed by atoms with Crippen LogP contribution in [0.15, 0.2) is 28.8 Å². The standard InChI is InChI=1S/C17H21N3O4/c1-22-13-8-6-12(7-9-13)16-18-15(24-19-16)11-20-10-4-3-5-14(20)17(21)23-2/h6-9,14H,3-5,10-11H2,1-2H3. The Labute approximate surface area is 140 Å². The molecule has 1 fully saturated rings. The molecule has 1 atom stereocenters. The second-order valence-electron chi connectivity index (χ2n) is 5.75. The maximum atomic E-state index is 11.9. The molecule has 1 aromatic heterocycles. The van der Waals surface area contributed by atoms with E-state index in [0.29, 0.717) is 18.3 Å². The van der Waals surface area contributed by atoms with E-state index in [1.165, 1.54) is 7.11 Å². The van der Waals surface area contributed by atoms with Crippen molar-refractivity contribution in [3.05, 3.63) is 30.2 Å². The molecule has 7 heteroatoms. The second-order valence-corrected chi connectivity index (χ2v) is 5.75. The van der Waals surface area contributed by atoms with E-state index < -0.39 is 0 Å². The molecule has 1 saturated heterocycles. The molecule has 0 aliphatic carbocycles. The van der Waals surface area contributed by atoms with Crippen LogP contribution in [0.3, 0.4) is 0 Å². The molecule has 3 rings (SSSR count). The number of hydrogen-bond donors (Lipinski definition) is 0. The molecule has 1 unspecified atom stereocenters. The summed E-state index contributed by atoms with van der Waals surface area (Å²) in [7, 11) is 3.04. The summed E-state index contributed by atoms with van der Waals surface area (Å²) in [6, 6.07) is 7.23. The lowest BCUT2D eigenvalue weighted by Gasteiger charge is -2.32. The van der Waals surface area contributed by atoms with Crippen LogP contribution in [-0.4, -0.2) is 47.8 Å². The number of benzene rings is 1. The van der Waals surface area contributed by atoms with E-state index in [1.807, 2.05) is 29.2 Å². The number of esters is 1. The van der Waals surface area contributed by atoms with E-state index in [4.69, 9.17) is 14.0 Å². The minimum Gasteiger partial charge on any atom is -0.497 e. The fourth-order valence-corrected chi connectivity index (χ4v) is 2.93. The third-order valence-electron chi connectivity index (χ3n) is 4.24. The zero-order valence-corrected chi connectivity index (χ0v) is 13.9. The van der Waals surface area contributed by atoms with Gasteiger partial charge in [-0.15, -0.1) is 0 Å². The first kappa shape index (κ1) is 16.4. The third-order valence-corrected chi connectivity index (χ3v) is 4.24. The van der Waals surface area contributed by atoms with Crippen molar-refractivity contribution in [1.82, 2.24) is 15.0 Å². The van der Waals surface area contributed by atoms with Gasteiger partial charge in [0.15, 0.2) is 0 Å². The molecule has 0 radical (unpaired) electrons. The summed E-state index contributed by atoms with van der Waals surface area (Å²) >= 11 is 0. The van der Waals surface area contributed by atoms with Crippen LogP contribution >= 0.6 is 0 Å². The number of likely N-dealkylation sites (tertiary alicyclic amines) is 1. The summed E-state index contributed by atoms with van der Waals surface area (Å²) in [5.74, 6) is 1.59. The molecule has 2 heterocycles. The van der Waals surface area contributed by atoms with Crippen molar-refractivity contribution in [3.8, 4) is 17.1 Å². The largest absolute Gasteiger partial charge is 0.497 e. The van der Waals surface area contributed by atoms with Crippen molar-refractivity contribution >= 4 is 5.97 Å². The smallest absolute Gasteiger partial charge is 0.323 e. The highest BCUT2D eigenvalue weighted by molar-refractivity contribution is 5.75. The molecule has 2 aromatic rings. The van der Waals surface area contributed by atoms with Crippen LogP contribution < -0.4 is 4.74 Å². The fraction of sp³-hybridized carbons (Fsp3) is 0.471. The number of piperidine rings is 1. The number of aromatic nitrogens is 2. The molecule has 1 aliphatic heterocycles. The number of rotatable bonds is 5. The highest BCUT2D eigenvalue weighted by atomic mass is 16.5. The Balaban J connectivity index is 1.71. The van der Waals surface area contributed by atoms with Crippen LogP contribution in [0.25, 0.3) is 11.4 Å². The molecule has 0 bridgehead atoms. The molecular formula is C17H21N3O4. The van der Waals surface area contributed by atoms with Crippen molar-refractivity contribution in [2.45, 2.75) is 31.8 Å². The zero-order valence-electron chi connectivity index (χ0n) is 13.9.